The molecule has 1 aromatic carbocycles. The fourth-order valence-corrected chi connectivity index (χ4v) is 2.90. The lowest BCUT2D eigenvalue weighted by Crippen LogP contribution is -2.31. The maximum Gasteiger partial charge on any atom is 0.320 e. The lowest BCUT2D eigenvalue weighted by molar-refractivity contribution is 0.0105. The molecule has 1 atom stereocenters. The number of hydroxylamine groups is 2. The van der Waals surface area contributed by atoms with Gasteiger partial charge in [-0.1, -0.05) is 30.3 Å². The Morgan fingerprint density at radius 1 is 1.14 bits per heavy atom. The van der Waals surface area contributed by atoms with E-state index in [-0.39, 0.29) is 12.1 Å². The maximum absolute atomic E-state index is 12.3. The largest absolute Gasteiger partial charge is 0.331 e. The normalized spacial score (nSPS) is 15.6. The molecule has 8 nitrogen and oxygen atoms in total. The lowest BCUT2D eigenvalue weighted by atomic mass is 10.1. The molecule has 8 heteroatoms. The Balaban J connectivity index is 1.46. The van der Waals surface area contributed by atoms with Crippen molar-refractivity contribution in [1.29, 1.82) is 0 Å². The van der Waals surface area contributed by atoms with Crippen molar-refractivity contribution in [3.8, 4) is 0 Å². The second-order valence-corrected chi connectivity index (χ2v) is 6.33. The van der Waals surface area contributed by atoms with Crippen molar-refractivity contribution in [3.05, 3.63) is 83.8 Å². The molecule has 3 N–H and O–H groups in total. The van der Waals surface area contributed by atoms with E-state index in [4.69, 9.17) is 0 Å². The number of azo groups is 1. The monoisotopic (exact) mass is 374 g/mol. The number of carbonyl (C=O) groups is 1. The summed E-state index contributed by atoms with van der Waals surface area (Å²) in [7, 11) is 0. The standard InChI is InChI=1S/C20H18N6O2/c1-13(14-5-3-2-4-6-14)22-20(27)23-18-11-17-16(12-21-18)19(25-24-17)15-7-9-26(28)10-8-15/h2-13,28H,1H3,(H2,21,22,23,27)/t13-/m1/s1. The summed E-state index contributed by atoms with van der Waals surface area (Å²) in [6.07, 6.45) is 8.11. The molecular weight excluding hydrogens is 356 g/mol. The van der Waals surface area contributed by atoms with Crippen LogP contribution < -0.4 is 10.6 Å². The number of aromatic nitrogens is 1. The number of urea groups is 1. The summed E-state index contributed by atoms with van der Waals surface area (Å²) in [6.45, 7) is 1.91. The van der Waals surface area contributed by atoms with Crippen LogP contribution in [0.4, 0.5) is 16.3 Å². The SMILES string of the molecule is C[C@@H](NC(=O)Nc1cc2c(cn1)C(=C1C=CN(O)C=C1)N=N2)c1ccccc1. The molecular formula is C20H18N6O2. The molecule has 0 fully saturated rings. The number of anilines is 1. The highest BCUT2D eigenvalue weighted by Crippen LogP contribution is 2.38. The van der Waals surface area contributed by atoms with E-state index in [1.165, 1.54) is 12.4 Å². The third kappa shape index (κ3) is 3.67. The number of hydrogen-bond acceptors (Lipinski definition) is 6. The van der Waals surface area contributed by atoms with Crippen molar-refractivity contribution in [2.45, 2.75) is 13.0 Å². The fraction of sp³-hybridized carbons (Fsp3) is 0.100. The average molecular weight is 374 g/mol. The number of benzene rings is 1. The Morgan fingerprint density at radius 2 is 1.89 bits per heavy atom. The van der Waals surface area contributed by atoms with Gasteiger partial charge in [0.1, 0.15) is 17.2 Å². The highest BCUT2D eigenvalue weighted by atomic mass is 16.5. The van der Waals surface area contributed by atoms with E-state index in [0.717, 1.165) is 21.8 Å². The van der Waals surface area contributed by atoms with Gasteiger partial charge in [-0.25, -0.2) is 14.8 Å². The molecule has 0 saturated heterocycles. The highest BCUT2D eigenvalue weighted by molar-refractivity contribution is 5.90. The van der Waals surface area contributed by atoms with Gasteiger partial charge in [-0.05, 0) is 24.6 Å². The van der Waals surface area contributed by atoms with E-state index in [1.54, 1.807) is 24.4 Å². The van der Waals surface area contributed by atoms with E-state index in [9.17, 15) is 10.0 Å². The molecule has 1 aromatic heterocycles. The predicted molar refractivity (Wildman–Crippen MR) is 105 cm³/mol. The number of nitrogens with one attached hydrogen (secondary N) is 2. The first-order valence-corrected chi connectivity index (χ1v) is 8.72. The Kier molecular flexibility index (Phi) is 4.69. The minimum absolute atomic E-state index is 0.136. The van der Waals surface area contributed by atoms with Crippen LogP contribution in [0.25, 0.3) is 5.70 Å². The van der Waals surface area contributed by atoms with Crippen LogP contribution in [0.5, 0.6) is 0 Å². The Hall–Kier alpha value is -3.78. The van der Waals surface area contributed by atoms with E-state index in [2.05, 4.69) is 25.8 Å². The van der Waals surface area contributed by atoms with Gasteiger partial charge >= 0.3 is 6.03 Å². The van der Waals surface area contributed by atoms with E-state index < -0.39 is 0 Å². The van der Waals surface area contributed by atoms with Crippen molar-refractivity contribution < 1.29 is 10.0 Å². The summed E-state index contributed by atoms with van der Waals surface area (Å²) in [5.41, 5.74) is 3.87. The number of pyridine rings is 1. The zero-order valence-electron chi connectivity index (χ0n) is 15.1. The van der Waals surface area contributed by atoms with Gasteiger partial charge in [-0.15, -0.1) is 10.2 Å². The number of amides is 2. The minimum atomic E-state index is -0.349. The molecule has 140 valence electrons. The van der Waals surface area contributed by atoms with Crippen LogP contribution in [0.2, 0.25) is 0 Å². The first-order valence-electron chi connectivity index (χ1n) is 8.72. The molecule has 0 saturated carbocycles. The molecule has 3 heterocycles. The molecule has 0 bridgehead atoms. The van der Waals surface area contributed by atoms with Crippen LogP contribution in [0.1, 0.15) is 24.1 Å². The molecule has 0 aliphatic carbocycles. The number of hydrogen-bond donors (Lipinski definition) is 3. The van der Waals surface area contributed by atoms with Gasteiger partial charge in [0.15, 0.2) is 0 Å². The summed E-state index contributed by atoms with van der Waals surface area (Å²) in [5.74, 6) is 0.387. The van der Waals surface area contributed by atoms with Crippen molar-refractivity contribution in [3.63, 3.8) is 0 Å². The third-order valence-electron chi connectivity index (χ3n) is 4.37. The van der Waals surface area contributed by atoms with Crippen LogP contribution in [0.15, 0.2) is 82.9 Å². The number of carbonyl (C=O) groups excluding carboxylic acids is 1. The number of fused-ring (bicyclic) bond motifs is 1. The van der Waals surface area contributed by atoms with Gasteiger partial charge in [0, 0.05) is 35.8 Å². The number of allylic oxidation sites excluding steroid dienone is 3. The first-order chi connectivity index (χ1) is 13.6. The summed E-state index contributed by atoms with van der Waals surface area (Å²) < 4.78 is 0. The van der Waals surface area contributed by atoms with Gasteiger partial charge in [0.05, 0.1) is 6.04 Å². The quantitative estimate of drug-likeness (QED) is 0.736. The molecule has 2 aliphatic heterocycles. The van der Waals surface area contributed by atoms with Crippen LogP contribution >= 0.6 is 0 Å². The van der Waals surface area contributed by atoms with E-state index >= 15 is 0 Å². The van der Waals surface area contributed by atoms with Crippen molar-refractivity contribution >= 4 is 23.2 Å². The molecule has 4 rings (SSSR count). The van der Waals surface area contributed by atoms with E-state index in [0.29, 0.717) is 17.2 Å². The summed E-state index contributed by atoms with van der Waals surface area (Å²) >= 11 is 0. The zero-order chi connectivity index (χ0) is 19.5. The average Bonchev–Trinajstić information content (AvgIpc) is 3.12. The molecule has 28 heavy (non-hydrogen) atoms. The number of rotatable bonds is 3. The molecule has 0 radical (unpaired) electrons. The second kappa shape index (κ2) is 7.45. The van der Waals surface area contributed by atoms with Crippen LogP contribution in [-0.2, 0) is 0 Å². The number of nitrogens with zero attached hydrogens (tertiary/aromatic N) is 4. The predicted octanol–water partition coefficient (Wildman–Crippen LogP) is 4.50. The van der Waals surface area contributed by atoms with Crippen LogP contribution in [-0.4, -0.2) is 21.3 Å². The van der Waals surface area contributed by atoms with Gasteiger partial charge in [0.2, 0.25) is 0 Å². The smallest absolute Gasteiger partial charge is 0.320 e. The third-order valence-corrected chi connectivity index (χ3v) is 4.37. The summed E-state index contributed by atoms with van der Waals surface area (Å²) in [5, 5.41) is 24.3. The minimum Gasteiger partial charge on any atom is -0.331 e. The van der Waals surface area contributed by atoms with Gasteiger partial charge in [-0.2, -0.15) is 0 Å². The Labute approximate surface area is 161 Å². The molecule has 2 amide bonds. The fourth-order valence-electron chi connectivity index (χ4n) is 2.90. The molecule has 2 aromatic rings. The summed E-state index contributed by atoms with van der Waals surface area (Å²) in [4.78, 5) is 16.6. The van der Waals surface area contributed by atoms with Crippen molar-refractivity contribution in [2.24, 2.45) is 10.2 Å². The Morgan fingerprint density at radius 3 is 2.64 bits per heavy atom. The first kappa shape index (κ1) is 17.6. The summed E-state index contributed by atoms with van der Waals surface area (Å²) in [6, 6.07) is 10.9. The van der Waals surface area contributed by atoms with Gasteiger partial charge < -0.3 is 5.32 Å². The highest BCUT2D eigenvalue weighted by Gasteiger charge is 2.19. The topological polar surface area (TPSA) is 102 Å². The lowest BCUT2D eigenvalue weighted by Gasteiger charge is -2.15. The van der Waals surface area contributed by atoms with E-state index in [1.807, 2.05) is 37.3 Å². The van der Waals surface area contributed by atoms with Crippen LogP contribution in [0.3, 0.4) is 0 Å². The van der Waals surface area contributed by atoms with Gasteiger partial charge in [0.25, 0.3) is 0 Å². The zero-order valence-corrected chi connectivity index (χ0v) is 15.1. The van der Waals surface area contributed by atoms with Crippen molar-refractivity contribution in [2.75, 3.05) is 5.32 Å². The maximum atomic E-state index is 12.3. The molecule has 0 unspecified atom stereocenters. The van der Waals surface area contributed by atoms with Crippen LogP contribution in [0, 0.1) is 0 Å². The molecule has 0 spiro atoms. The molecule has 2 aliphatic rings. The second-order valence-electron chi connectivity index (χ2n) is 6.33. The Bertz CT molecular complexity index is 1010. The van der Waals surface area contributed by atoms with Crippen molar-refractivity contribution in [1.82, 2.24) is 15.4 Å². The van der Waals surface area contributed by atoms with Gasteiger partial charge in [-0.3, -0.25) is 10.5 Å².